The third kappa shape index (κ3) is 2.80. The van der Waals surface area contributed by atoms with Crippen LogP contribution in [0.5, 0.6) is 0 Å². The van der Waals surface area contributed by atoms with E-state index in [1.54, 1.807) is 24.3 Å². The van der Waals surface area contributed by atoms with Crippen molar-refractivity contribution in [3.63, 3.8) is 0 Å². The van der Waals surface area contributed by atoms with Crippen LogP contribution < -0.4 is 4.90 Å². The van der Waals surface area contributed by atoms with Crippen LogP contribution in [0.1, 0.15) is 11.1 Å². The van der Waals surface area contributed by atoms with Crippen LogP contribution in [0.3, 0.4) is 0 Å². The molecule has 2 aromatic carbocycles. The normalized spacial score (nSPS) is 16.6. The molecule has 3 rings (SSSR count). The molecule has 3 nitrogen and oxygen atoms in total. The Hall–Kier alpha value is -2.04. The first-order valence-corrected chi connectivity index (χ1v) is 7.85. The van der Waals surface area contributed by atoms with Gasteiger partial charge in [-0.05, 0) is 48.5 Å². The summed E-state index contributed by atoms with van der Waals surface area (Å²) in [6, 6.07) is 14.5. The van der Waals surface area contributed by atoms with Gasteiger partial charge in [-0.2, -0.15) is 0 Å². The number of thioether (sulfide) groups is 1. The van der Waals surface area contributed by atoms with Gasteiger partial charge < -0.3 is 0 Å². The summed E-state index contributed by atoms with van der Waals surface area (Å²) in [7, 11) is 0. The first-order valence-electron chi connectivity index (χ1n) is 6.65. The van der Waals surface area contributed by atoms with E-state index in [-0.39, 0.29) is 11.1 Å². The van der Waals surface area contributed by atoms with Crippen LogP contribution in [0.2, 0.25) is 5.02 Å². The Morgan fingerprint density at radius 2 is 1.73 bits per heavy atom. The van der Waals surface area contributed by atoms with Crippen molar-refractivity contribution in [2.75, 3.05) is 4.90 Å². The molecule has 22 heavy (non-hydrogen) atoms. The number of anilines is 1. The molecular weight excluding hydrogens is 318 g/mol. The highest BCUT2D eigenvalue weighted by Crippen LogP contribution is 2.36. The highest BCUT2D eigenvalue weighted by molar-refractivity contribution is 8.19. The van der Waals surface area contributed by atoms with E-state index < -0.39 is 0 Å². The molecule has 1 fully saturated rings. The van der Waals surface area contributed by atoms with E-state index in [9.17, 15) is 9.59 Å². The molecule has 1 aliphatic rings. The molecule has 0 aromatic heterocycles. The maximum atomic E-state index is 12.5. The number of benzene rings is 2. The minimum Gasteiger partial charge on any atom is -0.268 e. The minimum absolute atomic E-state index is 0.299. The zero-order valence-electron chi connectivity index (χ0n) is 11.7. The summed E-state index contributed by atoms with van der Waals surface area (Å²) in [5.74, 6) is -0.321. The number of hydrogen-bond donors (Lipinski definition) is 0. The number of nitrogens with zero attached hydrogens (tertiary/aromatic N) is 1. The fraction of sp³-hybridized carbons (Fsp3) is 0.0588. The molecule has 2 aromatic rings. The van der Waals surface area contributed by atoms with Gasteiger partial charge in [0.15, 0.2) is 0 Å². The fourth-order valence-corrected chi connectivity index (χ4v) is 3.14. The Balaban J connectivity index is 1.95. The molecule has 0 aliphatic carbocycles. The summed E-state index contributed by atoms with van der Waals surface area (Å²) in [6.07, 6.45) is 1.65. The van der Waals surface area contributed by atoms with Crippen LogP contribution in [-0.4, -0.2) is 11.1 Å². The highest BCUT2D eigenvalue weighted by atomic mass is 35.5. The molecular formula is C17H12ClNO2S. The smallest absolute Gasteiger partial charge is 0.268 e. The SMILES string of the molecule is Cc1ccc(N2C(=O)S/C(=C\c3ccccc3Cl)C2=O)cc1. The number of aryl methyl sites for hydroxylation is 1. The predicted molar refractivity (Wildman–Crippen MR) is 91.1 cm³/mol. The largest absolute Gasteiger partial charge is 0.298 e. The van der Waals surface area contributed by atoms with Gasteiger partial charge in [-0.25, -0.2) is 4.90 Å². The molecule has 1 saturated heterocycles. The average molecular weight is 330 g/mol. The van der Waals surface area contributed by atoms with Crippen molar-refractivity contribution in [2.45, 2.75) is 6.92 Å². The number of carbonyl (C=O) groups excluding carboxylic acids is 2. The third-order valence-corrected chi connectivity index (χ3v) is 4.49. The highest BCUT2D eigenvalue weighted by Gasteiger charge is 2.36. The third-order valence-electron chi connectivity index (χ3n) is 3.28. The zero-order valence-corrected chi connectivity index (χ0v) is 13.3. The van der Waals surface area contributed by atoms with E-state index in [2.05, 4.69) is 0 Å². The number of hydrogen-bond acceptors (Lipinski definition) is 3. The maximum absolute atomic E-state index is 12.5. The lowest BCUT2D eigenvalue weighted by Gasteiger charge is -2.12. The molecule has 0 atom stereocenters. The van der Waals surface area contributed by atoms with E-state index in [1.165, 1.54) is 4.90 Å². The second kappa shape index (κ2) is 5.99. The standard InChI is InChI=1S/C17H12ClNO2S/c1-11-6-8-13(9-7-11)19-16(20)15(22-17(19)21)10-12-4-2-3-5-14(12)18/h2-10H,1H3/b15-10-. The van der Waals surface area contributed by atoms with E-state index in [1.807, 2.05) is 37.3 Å². The van der Waals surface area contributed by atoms with Crippen LogP contribution >= 0.6 is 23.4 Å². The van der Waals surface area contributed by atoms with Crippen molar-refractivity contribution >= 4 is 46.3 Å². The van der Waals surface area contributed by atoms with Crippen molar-refractivity contribution in [1.82, 2.24) is 0 Å². The average Bonchev–Trinajstić information content (AvgIpc) is 2.77. The number of rotatable bonds is 2. The van der Waals surface area contributed by atoms with Gasteiger partial charge in [-0.15, -0.1) is 0 Å². The van der Waals surface area contributed by atoms with Crippen molar-refractivity contribution in [2.24, 2.45) is 0 Å². The van der Waals surface area contributed by atoms with E-state index >= 15 is 0 Å². The Kier molecular flexibility index (Phi) is 4.05. The van der Waals surface area contributed by atoms with Crippen molar-refractivity contribution in [1.29, 1.82) is 0 Å². The minimum atomic E-state index is -0.321. The zero-order chi connectivity index (χ0) is 15.7. The van der Waals surface area contributed by atoms with Gasteiger partial charge in [0.05, 0.1) is 10.6 Å². The lowest BCUT2D eigenvalue weighted by molar-refractivity contribution is -0.113. The van der Waals surface area contributed by atoms with Crippen molar-refractivity contribution < 1.29 is 9.59 Å². The first kappa shape index (κ1) is 14.9. The molecule has 0 radical (unpaired) electrons. The van der Waals surface area contributed by atoms with Gasteiger partial charge in [0.1, 0.15) is 0 Å². The topological polar surface area (TPSA) is 37.4 Å². The van der Waals surface area contributed by atoms with Crippen LogP contribution in [0.4, 0.5) is 10.5 Å². The van der Waals surface area contributed by atoms with E-state index in [0.29, 0.717) is 15.6 Å². The molecule has 0 N–H and O–H groups in total. The van der Waals surface area contributed by atoms with E-state index in [0.717, 1.165) is 22.9 Å². The quantitative estimate of drug-likeness (QED) is 0.736. The van der Waals surface area contributed by atoms with Crippen molar-refractivity contribution in [3.05, 3.63) is 69.6 Å². The second-order valence-electron chi connectivity index (χ2n) is 4.87. The Morgan fingerprint density at radius 3 is 2.41 bits per heavy atom. The Labute approximate surface area is 137 Å². The number of halogens is 1. The van der Waals surface area contributed by atoms with Gasteiger partial charge in [0, 0.05) is 5.02 Å². The van der Waals surface area contributed by atoms with Crippen LogP contribution in [-0.2, 0) is 4.79 Å². The maximum Gasteiger partial charge on any atom is 0.298 e. The lowest BCUT2D eigenvalue weighted by Crippen LogP contribution is -2.27. The fourth-order valence-electron chi connectivity index (χ4n) is 2.12. The van der Waals surface area contributed by atoms with Crippen molar-refractivity contribution in [3.8, 4) is 0 Å². The van der Waals surface area contributed by atoms with Gasteiger partial charge in [0.2, 0.25) is 0 Å². The Morgan fingerprint density at radius 1 is 1.05 bits per heavy atom. The molecule has 0 saturated carbocycles. The summed E-state index contributed by atoms with van der Waals surface area (Å²) in [4.78, 5) is 26.2. The first-order chi connectivity index (χ1) is 10.6. The van der Waals surface area contributed by atoms with Gasteiger partial charge in [-0.3, -0.25) is 9.59 Å². The van der Waals surface area contributed by atoms with Gasteiger partial charge in [-0.1, -0.05) is 47.5 Å². The number of amides is 2. The van der Waals surface area contributed by atoms with Gasteiger partial charge in [0.25, 0.3) is 11.1 Å². The molecule has 0 unspecified atom stereocenters. The summed E-state index contributed by atoms with van der Waals surface area (Å²) in [5, 5.41) is 0.247. The molecule has 1 heterocycles. The molecule has 1 aliphatic heterocycles. The molecule has 110 valence electrons. The monoisotopic (exact) mass is 329 g/mol. The molecule has 2 amide bonds. The van der Waals surface area contributed by atoms with Crippen LogP contribution in [0, 0.1) is 6.92 Å². The van der Waals surface area contributed by atoms with Gasteiger partial charge >= 0.3 is 0 Å². The lowest BCUT2D eigenvalue weighted by atomic mass is 10.2. The summed E-state index contributed by atoms with van der Waals surface area (Å²) >= 11 is 7.02. The Bertz CT molecular complexity index is 784. The molecule has 0 bridgehead atoms. The summed E-state index contributed by atoms with van der Waals surface area (Å²) in [6.45, 7) is 1.95. The number of carbonyl (C=O) groups is 2. The predicted octanol–water partition coefficient (Wildman–Crippen LogP) is 4.89. The molecule has 5 heteroatoms. The van der Waals surface area contributed by atoms with E-state index in [4.69, 9.17) is 11.6 Å². The van der Waals surface area contributed by atoms with Crippen LogP contribution in [0.15, 0.2) is 53.4 Å². The summed E-state index contributed by atoms with van der Waals surface area (Å²) < 4.78 is 0. The van der Waals surface area contributed by atoms with Crippen LogP contribution in [0.25, 0.3) is 6.08 Å². The molecule has 0 spiro atoms. The second-order valence-corrected chi connectivity index (χ2v) is 6.27. The summed E-state index contributed by atoms with van der Waals surface area (Å²) in [5.41, 5.74) is 2.37. The number of imide groups is 1.